The summed E-state index contributed by atoms with van der Waals surface area (Å²) in [6.07, 6.45) is -0.0583. The molecule has 1 heterocycles. The lowest BCUT2D eigenvalue weighted by Crippen LogP contribution is -2.26. The van der Waals surface area contributed by atoms with Crippen molar-refractivity contribution in [2.75, 3.05) is 6.54 Å². The zero-order valence-electron chi connectivity index (χ0n) is 13.2. The number of unbranched alkanes of at least 4 members (excludes halogenated alkanes) is 3. The minimum atomic E-state index is -4.42. The predicted octanol–water partition coefficient (Wildman–Crippen LogP) is 5.00. The summed E-state index contributed by atoms with van der Waals surface area (Å²) in [5.74, 6) is 0. The summed E-state index contributed by atoms with van der Waals surface area (Å²) in [6.45, 7) is 2.41. The first-order valence-electron chi connectivity index (χ1n) is 8.02. The number of ether oxygens (including phenoxy) is 1. The number of benzene rings is 1. The van der Waals surface area contributed by atoms with Crippen LogP contribution in [-0.4, -0.2) is 23.6 Å². The van der Waals surface area contributed by atoms with Crippen LogP contribution >= 0.6 is 0 Å². The van der Waals surface area contributed by atoms with E-state index in [1.807, 2.05) is 0 Å². The van der Waals surface area contributed by atoms with E-state index in [9.17, 15) is 18.0 Å². The van der Waals surface area contributed by atoms with Gasteiger partial charge in [0.1, 0.15) is 6.10 Å². The van der Waals surface area contributed by atoms with Crippen LogP contribution in [0.3, 0.4) is 0 Å². The number of alkyl halides is 3. The Morgan fingerprint density at radius 2 is 1.96 bits per heavy atom. The number of halogens is 3. The van der Waals surface area contributed by atoms with Gasteiger partial charge in [0.05, 0.1) is 12.1 Å². The van der Waals surface area contributed by atoms with E-state index in [4.69, 9.17) is 4.74 Å². The largest absolute Gasteiger partial charge is 0.444 e. The number of rotatable bonds is 7. The van der Waals surface area contributed by atoms with Crippen molar-refractivity contribution in [3.05, 3.63) is 35.4 Å². The molecule has 1 aliphatic rings. The summed E-state index contributed by atoms with van der Waals surface area (Å²) >= 11 is 0. The van der Waals surface area contributed by atoms with Crippen molar-refractivity contribution in [3.8, 4) is 0 Å². The summed E-state index contributed by atoms with van der Waals surface area (Å²) in [5, 5.41) is 0. The molecule has 1 unspecified atom stereocenters. The SMILES string of the molecule is CCCCCCC1CN(Cc2ccccc2C(F)(F)F)C(=O)O1. The number of cyclic esters (lactones) is 1. The van der Waals surface area contributed by atoms with Gasteiger partial charge in [-0.3, -0.25) is 0 Å². The van der Waals surface area contributed by atoms with Gasteiger partial charge in [0, 0.05) is 6.54 Å². The molecule has 2 rings (SSSR count). The zero-order chi connectivity index (χ0) is 16.9. The van der Waals surface area contributed by atoms with E-state index < -0.39 is 17.8 Å². The molecule has 0 bridgehead atoms. The standard InChI is InChI=1S/C17H22F3NO2/c1-2-3-4-5-9-14-12-21(16(22)23-14)11-13-8-6-7-10-15(13)17(18,19)20/h6-8,10,14H,2-5,9,11-12H2,1H3. The maximum Gasteiger partial charge on any atom is 0.416 e. The Bertz CT molecular complexity index is 531. The fourth-order valence-corrected chi connectivity index (χ4v) is 2.79. The van der Waals surface area contributed by atoms with Crippen molar-refractivity contribution in [3.63, 3.8) is 0 Å². The molecular formula is C17H22F3NO2. The highest BCUT2D eigenvalue weighted by atomic mass is 19.4. The molecule has 0 aromatic heterocycles. The topological polar surface area (TPSA) is 29.5 Å². The third-order valence-corrected chi connectivity index (χ3v) is 4.01. The van der Waals surface area contributed by atoms with E-state index in [0.717, 1.165) is 38.2 Å². The molecule has 1 atom stereocenters. The molecule has 1 fully saturated rings. The molecule has 0 radical (unpaired) electrons. The first kappa shape index (κ1) is 17.6. The fourth-order valence-electron chi connectivity index (χ4n) is 2.79. The van der Waals surface area contributed by atoms with Gasteiger partial charge in [0.25, 0.3) is 0 Å². The molecule has 3 nitrogen and oxygen atoms in total. The third kappa shape index (κ3) is 4.88. The molecule has 1 saturated heterocycles. The Labute approximate surface area is 134 Å². The maximum absolute atomic E-state index is 13.0. The van der Waals surface area contributed by atoms with Gasteiger partial charge in [-0.1, -0.05) is 44.4 Å². The van der Waals surface area contributed by atoms with Gasteiger partial charge in [0.15, 0.2) is 0 Å². The summed E-state index contributed by atoms with van der Waals surface area (Å²) in [6, 6.07) is 5.35. The van der Waals surface area contributed by atoms with Gasteiger partial charge in [-0.25, -0.2) is 4.79 Å². The summed E-state index contributed by atoms with van der Waals surface area (Å²) in [7, 11) is 0. The van der Waals surface area contributed by atoms with Gasteiger partial charge >= 0.3 is 12.3 Å². The normalized spacial score (nSPS) is 18.3. The lowest BCUT2D eigenvalue weighted by atomic mass is 10.1. The fraction of sp³-hybridized carbons (Fsp3) is 0.588. The molecule has 0 aliphatic carbocycles. The first-order chi connectivity index (χ1) is 10.9. The third-order valence-electron chi connectivity index (χ3n) is 4.01. The summed E-state index contributed by atoms with van der Waals surface area (Å²) in [5.41, 5.74) is -0.595. The smallest absolute Gasteiger partial charge is 0.416 e. The van der Waals surface area contributed by atoms with Gasteiger partial charge in [-0.15, -0.1) is 0 Å². The molecule has 1 aromatic carbocycles. The van der Waals surface area contributed by atoms with Crippen molar-refractivity contribution >= 4 is 6.09 Å². The van der Waals surface area contributed by atoms with E-state index in [1.54, 1.807) is 6.07 Å². The zero-order valence-corrected chi connectivity index (χ0v) is 13.2. The minimum absolute atomic E-state index is 0.0695. The van der Waals surface area contributed by atoms with Crippen LogP contribution in [0.15, 0.2) is 24.3 Å². The van der Waals surface area contributed by atoms with Crippen LogP contribution in [0.1, 0.15) is 50.2 Å². The first-order valence-corrected chi connectivity index (χ1v) is 8.02. The van der Waals surface area contributed by atoms with E-state index in [0.29, 0.717) is 6.54 Å². The summed E-state index contributed by atoms with van der Waals surface area (Å²) in [4.78, 5) is 13.2. The number of carbonyl (C=O) groups is 1. The van der Waals surface area contributed by atoms with Crippen LogP contribution < -0.4 is 0 Å². The number of hydrogen-bond acceptors (Lipinski definition) is 2. The minimum Gasteiger partial charge on any atom is -0.444 e. The van der Waals surface area contributed by atoms with Crippen LogP contribution in [0.4, 0.5) is 18.0 Å². The Hall–Kier alpha value is -1.72. The van der Waals surface area contributed by atoms with Gasteiger partial charge < -0.3 is 9.64 Å². The lowest BCUT2D eigenvalue weighted by Gasteiger charge is -2.17. The van der Waals surface area contributed by atoms with Crippen LogP contribution in [0.25, 0.3) is 0 Å². The lowest BCUT2D eigenvalue weighted by molar-refractivity contribution is -0.138. The molecule has 1 amide bonds. The highest BCUT2D eigenvalue weighted by molar-refractivity contribution is 5.70. The molecule has 0 saturated carbocycles. The monoisotopic (exact) mass is 329 g/mol. The summed E-state index contributed by atoms with van der Waals surface area (Å²) < 4.78 is 44.3. The number of hydrogen-bond donors (Lipinski definition) is 0. The van der Waals surface area contributed by atoms with Crippen molar-refractivity contribution in [1.29, 1.82) is 0 Å². The highest BCUT2D eigenvalue weighted by Gasteiger charge is 2.36. The second-order valence-electron chi connectivity index (χ2n) is 5.89. The average molecular weight is 329 g/mol. The van der Waals surface area contributed by atoms with E-state index in [1.165, 1.54) is 17.0 Å². The van der Waals surface area contributed by atoms with Crippen LogP contribution in [0.2, 0.25) is 0 Å². The van der Waals surface area contributed by atoms with Crippen LogP contribution in [-0.2, 0) is 17.5 Å². The number of amides is 1. The molecule has 1 aromatic rings. The van der Waals surface area contributed by atoms with Gasteiger partial charge in [-0.2, -0.15) is 13.2 Å². The van der Waals surface area contributed by atoms with E-state index >= 15 is 0 Å². The second-order valence-corrected chi connectivity index (χ2v) is 5.89. The average Bonchev–Trinajstić information content (AvgIpc) is 2.83. The van der Waals surface area contributed by atoms with Gasteiger partial charge in [-0.05, 0) is 24.5 Å². The van der Waals surface area contributed by atoms with Gasteiger partial charge in [0.2, 0.25) is 0 Å². The predicted molar refractivity (Wildman–Crippen MR) is 80.9 cm³/mol. The van der Waals surface area contributed by atoms with Crippen molar-refractivity contribution in [2.45, 2.75) is 57.9 Å². The molecule has 1 aliphatic heterocycles. The number of nitrogens with zero attached hydrogens (tertiary/aromatic N) is 1. The Morgan fingerprint density at radius 1 is 1.22 bits per heavy atom. The van der Waals surface area contributed by atoms with Crippen LogP contribution in [0.5, 0.6) is 0 Å². The Kier molecular flexibility index (Phi) is 5.91. The second kappa shape index (κ2) is 7.70. The highest BCUT2D eigenvalue weighted by Crippen LogP contribution is 2.33. The van der Waals surface area contributed by atoms with Crippen molar-refractivity contribution in [2.24, 2.45) is 0 Å². The van der Waals surface area contributed by atoms with Crippen LogP contribution in [0, 0.1) is 0 Å². The Balaban J connectivity index is 1.95. The quantitative estimate of drug-likeness (QED) is 0.659. The van der Waals surface area contributed by atoms with Crippen molar-refractivity contribution < 1.29 is 22.7 Å². The molecule has 0 spiro atoms. The van der Waals surface area contributed by atoms with E-state index in [-0.39, 0.29) is 18.2 Å². The van der Waals surface area contributed by atoms with Crippen molar-refractivity contribution in [1.82, 2.24) is 4.90 Å². The molecular weight excluding hydrogens is 307 g/mol. The molecule has 128 valence electrons. The molecule has 23 heavy (non-hydrogen) atoms. The molecule has 6 heteroatoms. The maximum atomic E-state index is 13.0. The van der Waals surface area contributed by atoms with E-state index in [2.05, 4.69) is 6.92 Å². The number of carbonyl (C=O) groups excluding carboxylic acids is 1. The molecule has 0 N–H and O–H groups in total. The Morgan fingerprint density at radius 3 is 2.65 bits per heavy atom.